The van der Waals surface area contributed by atoms with Crippen molar-refractivity contribution in [2.75, 3.05) is 25.0 Å². The molecule has 1 N–H and O–H groups in total. The first kappa shape index (κ1) is 17.1. The van der Waals surface area contributed by atoms with Crippen molar-refractivity contribution in [2.45, 2.75) is 46.0 Å². The van der Waals surface area contributed by atoms with Crippen molar-refractivity contribution in [1.29, 1.82) is 0 Å². The van der Waals surface area contributed by atoms with Crippen molar-refractivity contribution in [1.82, 2.24) is 4.90 Å². The molecule has 0 unspecified atom stereocenters. The van der Waals surface area contributed by atoms with Crippen molar-refractivity contribution in [3.63, 3.8) is 0 Å². The van der Waals surface area contributed by atoms with Crippen molar-refractivity contribution in [2.24, 2.45) is 5.41 Å². The van der Waals surface area contributed by atoms with Crippen LogP contribution in [0, 0.1) is 5.41 Å². The van der Waals surface area contributed by atoms with Gasteiger partial charge in [-0.2, -0.15) is 0 Å². The first-order chi connectivity index (χ1) is 10.1. The number of carbonyl (C=O) groups is 1. The van der Waals surface area contributed by atoms with E-state index in [2.05, 4.69) is 30.1 Å². The molecule has 1 aromatic carbocycles. The summed E-state index contributed by atoms with van der Waals surface area (Å²) in [5, 5.41) is 3.41. The van der Waals surface area contributed by atoms with Crippen LogP contribution in [0.25, 0.3) is 0 Å². The van der Waals surface area contributed by atoms with E-state index < -0.39 is 0 Å². The number of hydrogen-bond donors (Lipinski definition) is 1. The number of anilines is 1. The lowest BCUT2D eigenvalue weighted by molar-refractivity contribution is 0.0599. The van der Waals surface area contributed by atoms with Crippen molar-refractivity contribution in [3.8, 4) is 0 Å². The summed E-state index contributed by atoms with van der Waals surface area (Å²) in [4.78, 5) is 14.9. The van der Waals surface area contributed by atoms with Crippen LogP contribution in [0.15, 0.2) is 18.2 Å². The second kappa shape index (κ2) is 6.91. The molecule has 0 bridgehead atoms. The molecule has 0 aliphatic carbocycles. The fourth-order valence-corrected chi connectivity index (χ4v) is 3.48. The maximum atomic E-state index is 12.9. The molecular weight excluding hydrogens is 296 g/mol. The maximum Gasteiger partial charge on any atom is 0.254 e. The lowest BCUT2D eigenvalue weighted by atomic mass is 9.78. The van der Waals surface area contributed by atoms with Gasteiger partial charge in [0.2, 0.25) is 0 Å². The largest absolute Gasteiger partial charge is 0.385 e. The molecule has 0 atom stereocenters. The van der Waals surface area contributed by atoms with Gasteiger partial charge in [0, 0.05) is 30.9 Å². The number of piperidine rings is 1. The highest BCUT2D eigenvalue weighted by Gasteiger charge is 2.31. The zero-order valence-corrected chi connectivity index (χ0v) is 14.5. The molecule has 22 heavy (non-hydrogen) atoms. The molecule has 0 radical (unpaired) electrons. The second-order valence-electron chi connectivity index (χ2n) is 6.82. The highest BCUT2D eigenvalue weighted by molar-refractivity contribution is 5.97. The number of hydrogen-bond acceptors (Lipinski definition) is 2. The fourth-order valence-electron chi connectivity index (χ4n) is 3.48. The van der Waals surface area contributed by atoms with E-state index in [0.717, 1.165) is 56.6 Å². The van der Waals surface area contributed by atoms with E-state index in [1.165, 1.54) is 12.0 Å². The highest BCUT2D eigenvalue weighted by atomic mass is 35.5. The third-order valence-corrected chi connectivity index (χ3v) is 5.44. The Bertz CT molecular complexity index is 536. The van der Waals surface area contributed by atoms with Crippen LogP contribution < -0.4 is 5.32 Å². The Hall–Kier alpha value is -1.22. The molecule has 1 fully saturated rings. The van der Waals surface area contributed by atoms with E-state index in [1.807, 2.05) is 12.1 Å². The van der Waals surface area contributed by atoms with E-state index in [1.54, 1.807) is 0 Å². The van der Waals surface area contributed by atoms with Gasteiger partial charge in [0.25, 0.3) is 5.91 Å². The first-order valence-corrected chi connectivity index (χ1v) is 8.28. The molecule has 1 amide bonds. The number of fused-ring (bicyclic) bond motifs is 1. The van der Waals surface area contributed by atoms with Gasteiger partial charge in [-0.05, 0) is 48.8 Å². The number of nitrogens with zero attached hydrogens (tertiary/aromatic N) is 1. The molecular formula is C18H27ClN2O. The first-order valence-electron chi connectivity index (χ1n) is 8.28. The van der Waals surface area contributed by atoms with Gasteiger partial charge in [0.15, 0.2) is 0 Å². The van der Waals surface area contributed by atoms with Crippen molar-refractivity contribution >= 4 is 24.0 Å². The quantitative estimate of drug-likeness (QED) is 0.888. The predicted octanol–water partition coefficient (Wildman–Crippen LogP) is 4.12. The van der Waals surface area contributed by atoms with E-state index in [4.69, 9.17) is 0 Å². The average Bonchev–Trinajstić information content (AvgIpc) is 2.54. The van der Waals surface area contributed by atoms with Gasteiger partial charge in [0.1, 0.15) is 0 Å². The van der Waals surface area contributed by atoms with Crippen LogP contribution in [0.4, 0.5) is 5.69 Å². The smallest absolute Gasteiger partial charge is 0.254 e. The molecule has 2 heterocycles. The van der Waals surface area contributed by atoms with Crippen molar-refractivity contribution in [3.05, 3.63) is 29.3 Å². The lowest BCUT2D eigenvalue weighted by Gasteiger charge is -2.39. The van der Waals surface area contributed by atoms with Gasteiger partial charge < -0.3 is 10.2 Å². The molecule has 1 saturated heterocycles. The van der Waals surface area contributed by atoms with E-state index in [0.29, 0.717) is 5.41 Å². The van der Waals surface area contributed by atoms with E-state index in [9.17, 15) is 4.79 Å². The Kier molecular flexibility index (Phi) is 5.38. The van der Waals surface area contributed by atoms with Crippen LogP contribution in [-0.2, 0) is 6.42 Å². The van der Waals surface area contributed by atoms with Crippen LogP contribution in [-0.4, -0.2) is 30.4 Å². The van der Waals surface area contributed by atoms with Crippen LogP contribution in [0.1, 0.15) is 55.5 Å². The summed E-state index contributed by atoms with van der Waals surface area (Å²) in [6, 6.07) is 6.10. The number of benzene rings is 1. The standard InChI is InChI=1S/C18H26N2O.ClH/c1-3-18(2)9-12-20(13-10-18)17(21)15-6-4-8-16-14(15)7-5-11-19-16;/h4,6,8,19H,3,5,7,9-13H2,1-2H3;1H. The molecule has 1 aromatic rings. The Labute approximate surface area is 139 Å². The van der Waals surface area contributed by atoms with Crippen LogP contribution in [0.3, 0.4) is 0 Å². The van der Waals surface area contributed by atoms with Crippen LogP contribution in [0.2, 0.25) is 0 Å². The number of halogens is 1. The Morgan fingerprint density at radius 3 is 2.73 bits per heavy atom. The summed E-state index contributed by atoms with van der Waals surface area (Å²) >= 11 is 0. The van der Waals surface area contributed by atoms with Gasteiger partial charge in [-0.3, -0.25) is 4.79 Å². The number of nitrogens with one attached hydrogen (secondary N) is 1. The van der Waals surface area contributed by atoms with E-state index >= 15 is 0 Å². The highest BCUT2D eigenvalue weighted by Crippen LogP contribution is 2.35. The van der Waals surface area contributed by atoms with Gasteiger partial charge in [-0.15, -0.1) is 12.4 Å². The SMILES string of the molecule is CCC1(C)CCN(C(=O)c2cccc3c2CCCN3)CC1.Cl. The third-order valence-electron chi connectivity index (χ3n) is 5.44. The number of amides is 1. The second-order valence-corrected chi connectivity index (χ2v) is 6.82. The minimum absolute atomic E-state index is 0. The maximum absolute atomic E-state index is 12.9. The molecule has 0 saturated carbocycles. The Morgan fingerprint density at radius 2 is 2.05 bits per heavy atom. The summed E-state index contributed by atoms with van der Waals surface area (Å²) in [7, 11) is 0. The normalized spacial score (nSPS) is 19.6. The number of carbonyl (C=O) groups excluding carboxylic acids is 1. The minimum atomic E-state index is 0. The van der Waals surface area contributed by atoms with Gasteiger partial charge in [-0.1, -0.05) is 26.3 Å². The molecule has 4 heteroatoms. The summed E-state index contributed by atoms with van der Waals surface area (Å²) in [6.45, 7) is 7.43. The Morgan fingerprint density at radius 1 is 1.32 bits per heavy atom. The zero-order valence-electron chi connectivity index (χ0n) is 13.7. The molecule has 2 aliphatic heterocycles. The van der Waals surface area contributed by atoms with Crippen LogP contribution >= 0.6 is 12.4 Å². The minimum Gasteiger partial charge on any atom is -0.385 e. The number of likely N-dealkylation sites (tertiary alicyclic amines) is 1. The zero-order chi connectivity index (χ0) is 14.9. The monoisotopic (exact) mass is 322 g/mol. The summed E-state index contributed by atoms with van der Waals surface area (Å²) < 4.78 is 0. The van der Waals surface area contributed by atoms with Gasteiger partial charge in [0.05, 0.1) is 0 Å². The fraction of sp³-hybridized carbons (Fsp3) is 0.611. The summed E-state index contributed by atoms with van der Waals surface area (Å²) in [6.07, 6.45) is 5.60. The average molecular weight is 323 g/mol. The topological polar surface area (TPSA) is 32.3 Å². The summed E-state index contributed by atoms with van der Waals surface area (Å²) in [5.41, 5.74) is 3.72. The molecule has 0 aromatic heterocycles. The van der Waals surface area contributed by atoms with E-state index in [-0.39, 0.29) is 18.3 Å². The molecule has 3 rings (SSSR count). The molecule has 0 spiro atoms. The Balaban J connectivity index is 0.00000176. The van der Waals surface area contributed by atoms with Crippen molar-refractivity contribution < 1.29 is 4.79 Å². The summed E-state index contributed by atoms with van der Waals surface area (Å²) in [5.74, 6) is 0.230. The molecule has 2 aliphatic rings. The molecule has 122 valence electrons. The van der Waals surface area contributed by atoms with Gasteiger partial charge in [-0.25, -0.2) is 0 Å². The van der Waals surface area contributed by atoms with Gasteiger partial charge >= 0.3 is 0 Å². The third kappa shape index (κ3) is 3.24. The lowest BCUT2D eigenvalue weighted by Crippen LogP contribution is -2.42. The van der Waals surface area contributed by atoms with Crippen LogP contribution in [0.5, 0.6) is 0 Å². The molecule has 3 nitrogen and oxygen atoms in total. The number of rotatable bonds is 2. The predicted molar refractivity (Wildman–Crippen MR) is 94.0 cm³/mol.